The van der Waals surface area contributed by atoms with E-state index in [4.69, 9.17) is 14.2 Å². The lowest BCUT2D eigenvalue weighted by Crippen LogP contribution is -2.42. The highest BCUT2D eigenvalue weighted by Gasteiger charge is 2.49. The number of aliphatic hydroxyl groups excluding tert-OH is 1. The van der Waals surface area contributed by atoms with Crippen molar-refractivity contribution in [2.75, 3.05) is 26.4 Å². The molecule has 2 aromatic carbocycles. The number of imide groups is 1. The predicted octanol–water partition coefficient (Wildman–Crippen LogP) is 2.65. The summed E-state index contributed by atoms with van der Waals surface area (Å²) in [5, 5.41) is 13.2. The van der Waals surface area contributed by atoms with Crippen LogP contribution in [0.4, 0.5) is 4.79 Å². The zero-order valence-electron chi connectivity index (χ0n) is 19.2. The Kier molecular flexibility index (Phi) is 6.74. The van der Waals surface area contributed by atoms with Crippen LogP contribution < -0.4 is 19.5 Å². The third-order valence-corrected chi connectivity index (χ3v) is 5.93. The standard InChI is InChI=1S/C25H28N2O7/c1-3-20(29)16-5-8-19(9-6-16)34-15-18(28)14-27-23(30)25(2,26-24(27)31)17-7-10-21-22(13-17)33-12-4-11-32-21/h5-10,13,18,28H,3-4,11-12,14-15H2,1-2H3,(H,26,31). The van der Waals surface area contributed by atoms with Gasteiger partial charge in [0.15, 0.2) is 17.3 Å². The van der Waals surface area contributed by atoms with Gasteiger partial charge in [-0.15, -0.1) is 0 Å². The normalized spacial score (nSPS) is 20.5. The fraction of sp³-hybridized carbons (Fsp3) is 0.400. The molecule has 180 valence electrons. The third kappa shape index (κ3) is 4.70. The molecule has 9 heteroatoms. The van der Waals surface area contributed by atoms with Crippen LogP contribution in [0.25, 0.3) is 0 Å². The number of urea groups is 1. The topological polar surface area (TPSA) is 114 Å². The van der Waals surface area contributed by atoms with E-state index in [2.05, 4.69) is 5.32 Å². The number of benzene rings is 2. The van der Waals surface area contributed by atoms with E-state index in [1.54, 1.807) is 56.3 Å². The number of amides is 3. The number of aliphatic hydroxyl groups is 1. The maximum absolute atomic E-state index is 13.2. The van der Waals surface area contributed by atoms with Gasteiger partial charge in [0.25, 0.3) is 5.91 Å². The molecule has 34 heavy (non-hydrogen) atoms. The van der Waals surface area contributed by atoms with Crippen molar-refractivity contribution in [3.8, 4) is 17.2 Å². The summed E-state index contributed by atoms with van der Waals surface area (Å²) in [6.45, 7) is 4.11. The lowest BCUT2D eigenvalue weighted by Gasteiger charge is -2.24. The summed E-state index contributed by atoms with van der Waals surface area (Å²) in [5.74, 6) is 1.14. The Morgan fingerprint density at radius 2 is 1.85 bits per heavy atom. The van der Waals surface area contributed by atoms with Crippen LogP contribution >= 0.6 is 0 Å². The maximum atomic E-state index is 13.2. The molecule has 0 aromatic heterocycles. The first-order chi connectivity index (χ1) is 16.3. The van der Waals surface area contributed by atoms with Gasteiger partial charge in [-0.3, -0.25) is 14.5 Å². The van der Waals surface area contributed by atoms with E-state index >= 15 is 0 Å². The lowest BCUT2D eigenvalue weighted by atomic mass is 9.91. The average Bonchev–Trinajstić information content (AvgIpc) is 3.00. The second-order valence-corrected chi connectivity index (χ2v) is 8.45. The van der Waals surface area contributed by atoms with E-state index in [-0.39, 0.29) is 18.9 Å². The molecule has 0 spiro atoms. The summed E-state index contributed by atoms with van der Waals surface area (Å²) in [7, 11) is 0. The van der Waals surface area contributed by atoms with Crippen molar-refractivity contribution >= 4 is 17.7 Å². The summed E-state index contributed by atoms with van der Waals surface area (Å²) in [5.41, 5.74) is -0.155. The van der Waals surface area contributed by atoms with Crippen LogP contribution in [-0.4, -0.2) is 60.2 Å². The minimum Gasteiger partial charge on any atom is -0.491 e. The molecule has 1 saturated heterocycles. The third-order valence-electron chi connectivity index (χ3n) is 5.93. The summed E-state index contributed by atoms with van der Waals surface area (Å²) in [4.78, 5) is 38.5. The van der Waals surface area contributed by atoms with Crippen LogP contribution in [0.15, 0.2) is 42.5 Å². The summed E-state index contributed by atoms with van der Waals surface area (Å²) in [6.07, 6.45) is 0.0691. The van der Waals surface area contributed by atoms with Gasteiger partial charge >= 0.3 is 6.03 Å². The summed E-state index contributed by atoms with van der Waals surface area (Å²) >= 11 is 0. The van der Waals surface area contributed by atoms with Crippen molar-refractivity contribution in [1.82, 2.24) is 10.2 Å². The Morgan fingerprint density at radius 1 is 1.15 bits per heavy atom. The van der Waals surface area contributed by atoms with E-state index in [1.807, 2.05) is 0 Å². The Hall–Kier alpha value is -3.59. The number of hydrogen-bond donors (Lipinski definition) is 2. The molecule has 2 aromatic rings. The number of β-amino-alcohol motifs (C(OH)–C–C–N with tert-alkyl or cyclic N) is 1. The first kappa shape index (κ1) is 23.6. The lowest BCUT2D eigenvalue weighted by molar-refractivity contribution is -0.132. The molecule has 0 aliphatic carbocycles. The van der Waals surface area contributed by atoms with Gasteiger partial charge in [-0.25, -0.2) is 4.79 Å². The van der Waals surface area contributed by atoms with Crippen molar-refractivity contribution in [2.45, 2.75) is 38.3 Å². The molecule has 0 saturated carbocycles. The van der Waals surface area contributed by atoms with Crippen molar-refractivity contribution < 1.29 is 33.7 Å². The molecule has 0 bridgehead atoms. The smallest absolute Gasteiger partial charge is 0.325 e. The van der Waals surface area contributed by atoms with Gasteiger partial charge < -0.3 is 24.6 Å². The average molecular weight is 469 g/mol. The Bertz CT molecular complexity index is 1090. The predicted molar refractivity (Wildman–Crippen MR) is 122 cm³/mol. The molecule has 2 heterocycles. The van der Waals surface area contributed by atoms with Crippen LogP contribution in [0, 0.1) is 0 Å². The van der Waals surface area contributed by atoms with Crippen molar-refractivity contribution in [2.24, 2.45) is 0 Å². The van der Waals surface area contributed by atoms with Crippen LogP contribution in [-0.2, 0) is 10.3 Å². The van der Waals surface area contributed by atoms with Gasteiger partial charge in [0.05, 0.1) is 19.8 Å². The monoisotopic (exact) mass is 468 g/mol. The second-order valence-electron chi connectivity index (χ2n) is 8.45. The molecule has 2 aliphatic heterocycles. The SMILES string of the molecule is CCC(=O)c1ccc(OCC(O)CN2C(=O)NC(C)(c3ccc4c(c3)OCCCO4)C2=O)cc1. The number of ether oxygens (including phenoxy) is 3. The Labute approximate surface area is 197 Å². The number of nitrogens with zero attached hydrogens (tertiary/aromatic N) is 1. The molecule has 2 unspecified atom stereocenters. The molecule has 1 fully saturated rings. The number of ketones is 1. The fourth-order valence-electron chi connectivity index (χ4n) is 3.93. The van der Waals surface area contributed by atoms with Crippen LogP contribution in [0.3, 0.4) is 0 Å². The Morgan fingerprint density at radius 3 is 2.56 bits per heavy atom. The zero-order chi connectivity index (χ0) is 24.3. The summed E-state index contributed by atoms with van der Waals surface area (Å²) in [6, 6.07) is 11.2. The highest BCUT2D eigenvalue weighted by Crippen LogP contribution is 2.36. The molecule has 0 radical (unpaired) electrons. The number of rotatable bonds is 8. The molecule has 2 aliphatic rings. The van der Waals surface area contributed by atoms with Gasteiger partial charge in [0.1, 0.15) is 24.0 Å². The van der Waals surface area contributed by atoms with E-state index in [9.17, 15) is 19.5 Å². The Balaban J connectivity index is 1.39. The molecule has 3 amide bonds. The number of carbonyl (C=O) groups is 3. The van der Waals surface area contributed by atoms with Crippen LogP contribution in [0.5, 0.6) is 17.2 Å². The molecule has 9 nitrogen and oxygen atoms in total. The van der Waals surface area contributed by atoms with E-state index in [0.29, 0.717) is 48.0 Å². The molecule has 2 atom stereocenters. The highest BCUT2D eigenvalue weighted by atomic mass is 16.5. The number of Topliss-reactive ketones (excluding diaryl/α,β-unsaturated/α-hetero) is 1. The molecular formula is C25H28N2O7. The molecular weight excluding hydrogens is 440 g/mol. The van der Waals surface area contributed by atoms with Crippen molar-refractivity contribution in [3.05, 3.63) is 53.6 Å². The van der Waals surface area contributed by atoms with Crippen molar-refractivity contribution in [3.63, 3.8) is 0 Å². The van der Waals surface area contributed by atoms with E-state index < -0.39 is 23.6 Å². The van der Waals surface area contributed by atoms with Gasteiger partial charge in [0, 0.05) is 18.4 Å². The van der Waals surface area contributed by atoms with Crippen LogP contribution in [0.2, 0.25) is 0 Å². The van der Waals surface area contributed by atoms with Gasteiger partial charge in [-0.2, -0.15) is 0 Å². The van der Waals surface area contributed by atoms with Crippen LogP contribution in [0.1, 0.15) is 42.6 Å². The molecule has 4 rings (SSSR count). The van der Waals surface area contributed by atoms with Gasteiger partial charge in [-0.1, -0.05) is 13.0 Å². The fourth-order valence-corrected chi connectivity index (χ4v) is 3.93. The number of fused-ring (bicyclic) bond motifs is 1. The van der Waals surface area contributed by atoms with Crippen molar-refractivity contribution in [1.29, 1.82) is 0 Å². The number of hydrogen-bond acceptors (Lipinski definition) is 7. The van der Waals surface area contributed by atoms with Gasteiger partial charge in [-0.05, 0) is 48.9 Å². The minimum atomic E-state index is -1.30. The first-order valence-corrected chi connectivity index (χ1v) is 11.3. The van der Waals surface area contributed by atoms with E-state index in [1.165, 1.54) is 0 Å². The maximum Gasteiger partial charge on any atom is 0.325 e. The number of carbonyl (C=O) groups excluding carboxylic acids is 3. The number of nitrogens with one attached hydrogen (secondary N) is 1. The minimum absolute atomic E-state index is 0.0294. The van der Waals surface area contributed by atoms with Gasteiger partial charge in [0.2, 0.25) is 0 Å². The largest absolute Gasteiger partial charge is 0.491 e. The van der Waals surface area contributed by atoms with E-state index in [0.717, 1.165) is 11.3 Å². The quantitative estimate of drug-likeness (QED) is 0.452. The summed E-state index contributed by atoms with van der Waals surface area (Å²) < 4.78 is 16.9. The molecule has 2 N–H and O–H groups in total. The first-order valence-electron chi connectivity index (χ1n) is 11.3. The second kappa shape index (κ2) is 9.72. The highest BCUT2D eigenvalue weighted by molar-refractivity contribution is 6.07. The zero-order valence-corrected chi connectivity index (χ0v) is 19.2.